The van der Waals surface area contributed by atoms with E-state index in [4.69, 9.17) is 0 Å². The number of likely N-dealkylation sites (tertiary alicyclic amines) is 1. The highest BCUT2D eigenvalue weighted by Gasteiger charge is 2.25. The lowest BCUT2D eigenvalue weighted by atomic mass is 9.94. The van der Waals surface area contributed by atoms with E-state index in [0.29, 0.717) is 19.1 Å². The lowest BCUT2D eigenvalue weighted by Crippen LogP contribution is -2.43. The molecule has 2 aliphatic rings. The summed E-state index contributed by atoms with van der Waals surface area (Å²) in [6, 6.07) is 16.7. The molecule has 2 aromatic carbocycles. The summed E-state index contributed by atoms with van der Waals surface area (Å²) in [6.07, 6.45) is 4.14. The fourth-order valence-corrected chi connectivity index (χ4v) is 4.18. The van der Waals surface area contributed by atoms with Crippen molar-refractivity contribution in [2.75, 3.05) is 18.4 Å². The minimum atomic E-state index is -0.524. The van der Waals surface area contributed by atoms with Crippen LogP contribution in [0.2, 0.25) is 0 Å². The minimum Gasteiger partial charge on any atom is -0.387 e. The third kappa shape index (κ3) is 4.31. The van der Waals surface area contributed by atoms with Crippen LogP contribution in [0.5, 0.6) is 0 Å². The van der Waals surface area contributed by atoms with Crippen LogP contribution in [0, 0.1) is 0 Å². The Bertz CT molecular complexity index is 793. The molecule has 5 nitrogen and oxygen atoms in total. The molecule has 0 aromatic heterocycles. The molecule has 1 saturated heterocycles. The molecule has 4 rings (SSSR count). The summed E-state index contributed by atoms with van der Waals surface area (Å²) in [6.45, 7) is 2.19. The van der Waals surface area contributed by atoms with Gasteiger partial charge in [0.15, 0.2) is 0 Å². The fourth-order valence-electron chi connectivity index (χ4n) is 4.18. The second kappa shape index (κ2) is 8.11. The predicted octanol–water partition coefficient (Wildman–Crippen LogP) is 3.45. The molecule has 0 bridgehead atoms. The number of aliphatic hydroxyl groups is 1. The first-order valence-corrected chi connectivity index (χ1v) is 9.83. The summed E-state index contributed by atoms with van der Waals surface area (Å²) in [5.41, 5.74) is 4.12. The summed E-state index contributed by atoms with van der Waals surface area (Å²) < 4.78 is 0. The van der Waals surface area contributed by atoms with Gasteiger partial charge >= 0.3 is 6.03 Å². The molecule has 0 radical (unpaired) electrons. The van der Waals surface area contributed by atoms with Crippen molar-refractivity contribution in [1.82, 2.24) is 10.2 Å². The van der Waals surface area contributed by atoms with Gasteiger partial charge in [-0.1, -0.05) is 42.8 Å². The van der Waals surface area contributed by atoms with Gasteiger partial charge in [-0.25, -0.2) is 4.79 Å². The number of anilines is 1. The number of urea groups is 1. The van der Waals surface area contributed by atoms with E-state index >= 15 is 0 Å². The van der Waals surface area contributed by atoms with Gasteiger partial charge in [0.05, 0.1) is 6.10 Å². The molecular weight excluding hydrogens is 338 g/mol. The Hall–Kier alpha value is -2.37. The smallest absolute Gasteiger partial charge is 0.319 e. The summed E-state index contributed by atoms with van der Waals surface area (Å²) in [5.74, 6) is 0. The van der Waals surface area contributed by atoms with E-state index in [9.17, 15) is 9.90 Å². The van der Waals surface area contributed by atoms with Gasteiger partial charge in [-0.05, 0) is 54.6 Å². The number of rotatable bonds is 5. The number of fused-ring (bicyclic) bond motifs is 1. The number of nitrogens with one attached hydrogen (secondary N) is 2. The highest BCUT2D eigenvalue weighted by atomic mass is 16.3. The fraction of sp³-hybridized carbons (Fsp3) is 0.409. The van der Waals surface area contributed by atoms with Crippen LogP contribution < -0.4 is 10.6 Å². The average Bonchev–Trinajstić information content (AvgIpc) is 2.70. The van der Waals surface area contributed by atoms with Crippen molar-refractivity contribution in [3.8, 4) is 0 Å². The number of aliphatic hydroxyl groups excluding tert-OH is 1. The van der Waals surface area contributed by atoms with Crippen LogP contribution in [0.3, 0.4) is 0 Å². The Balaban J connectivity index is 1.44. The summed E-state index contributed by atoms with van der Waals surface area (Å²) >= 11 is 0. The summed E-state index contributed by atoms with van der Waals surface area (Å²) in [7, 11) is 0. The number of hydrogen-bond acceptors (Lipinski definition) is 3. The maximum absolute atomic E-state index is 11.4. The Morgan fingerprint density at radius 3 is 2.85 bits per heavy atom. The Labute approximate surface area is 160 Å². The van der Waals surface area contributed by atoms with Crippen molar-refractivity contribution in [3.63, 3.8) is 0 Å². The van der Waals surface area contributed by atoms with E-state index in [-0.39, 0.29) is 6.03 Å². The molecule has 2 atom stereocenters. The topological polar surface area (TPSA) is 64.6 Å². The SMILES string of the molecule is O=C1NCc2cc(C(O)CN3CCCCC3Cc3ccccc3)ccc2N1. The number of carbonyl (C=O) groups excluding carboxylic acids is 1. The zero-order valence-corrected chi connectivity index (χ0v) is 15.5. The highest BCUT2D eigenvalue weighted by Crippen LogP contribution is 2.27. The monoisotopic (exact) mass is 365 g/mol. The van der Waals surface area contributed by atoms with Crippen LogP contribution in [0.25, 0.3) is 0 Å². The molecule has 0 aliphatic carbocycles. The largest absolute Gasteiger partial charge is 0.387 e. The molecule has 2 aliphatic heterocycles. The number of nitrogens with zero attached hydrogens (tertiary/aromatic N) is 1. The number of benzene rings is 2. The first-order chi connectivity index (χ1) is 13.2. The molecule has 142 valence electrons. The number of hydrogen-bond donors (Lipinski definition) is 3. The molecule has 1 fully saturated rings. The second-order valence-electron chi connectivity index (χ2n) is 7.57. The molecule has 2 heterocycles. The Morgan fingerprint density at radius 2 is 2.00 bits per heavy atom. The summed E-state index contributed by atoms with van der Waals surface area (Å²) in [4.78, 5) is 13.9. The van der Waals surface area contributed by atoms with Gasteiger partial charge in [-0.15, -0.1) is 0 Å². The van der Waals surface area contributed by atoms with Gasteiger partial charge in [0.2, 0.25) is 0 Å². The van der Waals surface area contributed by atoms with Crippen LogP contribution in [0.1, 0.15) is 42.1 Å². The molecule has 2 aromatic rings. The van der Waals surface area contributed by atoms with E-state index in [2.05, 4.69) is 45.9 Å². The van der Waals surface area contributed by atoms with Gasteiger partial charge in [0.25, 0.3) is 0 Å². The maximum Gasteiger partial charge on any atom is 0.319 e. The molecule has 5 heteroatoms. The molecule has 27 heavy (non-hydrogen) atoms. The second-order valence-corrected chi connectivity index (χ2v) is 7.57. The van der Waals surface area contributed by atoms with Crippen molar-refractivity contribution in [2.45, 2.75) is 44.4 Å². The molecule has 3 N–H and O–H groups in total. The number of carbonyl (C=O) groups is 1. The number of piperidine rings is 1. The zero-order chi connectivity index (χ0) is 18.6. The predicted molar refractivity (Wildman–Crippen MR) is 107 cm³/mol. The highest BCUT2D eigenvalue weighted by molar-refractivity contribution is 5.92. The van der Waals surface area contributed by atoms with E-state index in [1.807, 2.05) is 18.2 Å². The lowest BCUT2D eigenvalue weighted by Gasteiger charge is -2.37. The van der Waals surface area contributed by atoms with Gasteiger partial charge in [-0.2, -0.15) is 0 Å². The maximum atomic E-state index is 11.4. The van der Waals surface area contributed by atoms with Crippen LogP contribution in [0.4, 0.5) is 10.5 Å². The van der Waals surface area contributed by atoms with Gasteiger partial charge < -0.3 is 15.7 Å². The third-order valence-corrected chi connectivity index (χ3v) is 5.67. The molecule has 0 spiro atoms. The zero-order valence-electron chi connectivity index (χ0n) is 15.5. The van der Waals surface area contributed by atoms with Gasteiger partial charge in [0.1, 0.15) is 0 Å². The van der Waals surface area contributed by atoms with E-state index in [1.165, 1.54) is 24.8 Å². The van der Waals surface area contributed by atoms with Crippen LogP contribution in [0.15, 0.2) is 48.5 Å². The van der Waals surface area contributed by atoms with Crippen molar-refractivity contribution in [2.24, 2.45) is 0 Å². The van der Waals surface area contributed by atoms with Crippen molar-refractivity contribution < 1.29 is 9.90 Å². The third-order valence-electron chi connectivity index (χ3n) is 5.67. The Kier molecular flexibility index (Phi) is 5.41. The van der Waals surface area contributed by atoms with Crippen LogP contribution >= 0.6 is 0 Å². The first-order valence-electron chi connectivity index (χ1n) is 9.83. The number of amides is 2. The molecule has 2 amide bonds. The quantitative estimate of drug-likeness (QED) is 0.760. The number of β-amino-alcohol motifs (C(OH)–C–C–N with tert-alkyl or cyclic N) is 1. The lowest BCUT2D eigenvalue weighted by molar-refractivity contribution is 0.0670. The van der Waals surface area contributed by atoms with E-state index in [0.717, 1.165) is 29.8 Å². The molecule has 0 saturated carbocycles. The normalized spacial score (nSPS) is 21.1. The summed E-state index contributed by atoms with van der Waals surface area (Å²) in [5, 5.41) is 16.4. The minimum absolute atomic E-state index is 0.173. The van der Waals surface area contributed by atoms with E-state index < -0.39 is 6.10 Å². The van der Waals surface area contributed by atoms with E-state index in [1.54, 1.807) is 0 Å². The van der Waals surface area contributed by atoms with Crippen molar-refractivity contribution >= 4 is 11.7 Å². The van der Waals surface area contributed by atoms with Gasteiger partial charge in [0, 0.05) is 24.8 Å². The standard InChI is InChI=1S/C22H27N3O2/c26-21(17-9-10-20-18(13-17)14-23-22(27)24-20)15-25-11-5-4-8-19(25)12-16-6-2-1-3-7-16/h1-3,6-7,9-10,13,19,21,26H,4-5,8,11-12,14-15H2,(H2,23,24,27). The average molecular weight is 365 g/mol. The van der Waals surface area contributed by atoms with Crippen molar-refractivity contribution in [1.29, 1.82) is 0 Å². The van der Waals surface area contributed by atoms with Crippen LogP contribution in [-0.4, -0.2) is 35.2 Å². The Morgan fingerprint density at radius 1 is 1.15 bits per heavy atom. The molecular formula is C22H27N3O2. The molecule has 2 unspecified atom stereocenters. The van der Waals surface area contributed by atoms with Crippen molar-refractivity contribution in [3.05, 3.63) is 65.2 Å². The first kappa shape index (κ1) is 18.0. The van der Waals surface area contributed by atoms with Crippen LogP contribution in [-0.2, 0) is 13.0 Å². The van der Waals surface area contributed by atoms with Gasteiger partial charge in [-0.3, -0.25) is 4.90 Å².